The third-order valence-corrected chi connectivity index (χ3v) is 4.80. The number of nitrogens with zero attached hydrogens (tertiary/aromatic N) is 2. The van der Waals surface area contributed by atoms with E-state index in [1.165, 1.54) is 6.07 Å². The van der Waals surface area contributed by atoms with Gasteiger partial charge in [0.25, 0.3) is 5.91 Å². The molecule has 2 heterocycles. The van der Waals surface area contributed by atoms with Crippen LogP contribution in [0.15, 0.2) is 60.1 Å². The number of carbonyl (C=O) groups excluding carboxylic acids is 1. The number of hydrogen-bond donors (Lipinski definition) is 1. The predicted molar refractivity (Wildman–Crippen MR) is 114 cm³/mol. The Hall–Kier alpha value is -3.56. The lowest BCUT2D eigenvalue weighted by atomic mass is 10.1. The first-order valence-electron chi connectivity index (χ1n) is 10.3. The minimum atomic E-state index is -4.48. The van der Waals surface area contributed by atoms with Gasteiger partial charge in [-0.2, -0.15) is 13.2 Å². The molecular formula is C23H24F3N3O4. The van der Waals surface area contributed by atoms with Crippen molar-refractivity contribution in [2.45, 2.75) is 26.1 Å². The van der Waals surface area contributed by atoms with Crippen LogP contribution < -0.4 is 10.1 Å². The lowest BCUT2D eigenvalue weighted by molar-refractivity contribution is -0.141. The lowest BCUT2D eigenvalue weighted by Gasteiger charge is -2.17. The maximum Gasteiger partial charge on any atom is 0.433 e. The molecule has 7 nitrogen and oxygen atoms in total. The number of nitrogens with one attached hydrogen (secondary N) is 1. The number of rotatable bonds is 9. The number of hydrogen-bond acceptors (Lipinski definition) is 6. The normalized spacial score (nSPS) is 16.1. The Bertz CT molecular complexity index is 974. The van der Waals surface area contributed by atoms with Gasteiger partial charge in [-0.15, -0.1) is 0 Å². The van der Waals surface area contributed by atoms with E-state index in [9.17, 15) is 18.0 Å². The van der Waals surface area contributed by atoms with Gasteiger partial charge >= 0.3 is 6.18 Å². The van der Waals surface area contributed by atoms with Crippen LogP contribution in [0.1, 0.15) is 30.2 Å². The third kappa shape index (κ3) is 7.81. The van der Waals surface area contributed by atoms with E-state index in [0.717, 1.165) is 24.2 Å². The maximum absolute atomic E-state index is 12.5. The number of alkyl halides is 3. The minimum Gasteiger partial charge on any atom is -0.501 e. The van der Waals surface area contributed by atoms with Crippen molar-refractivity contribution in [2.24, 2.45) is 11.1 Å². The van der Waals surface area contributed by atoms with E-state index in [-0.39, 0.29) is 25.0 Å². The van der Waals surface area contributed by atoms with Crippen LogP contribution in [0.2, 0.25) is 0 Å². The van der Waals surface area contributed by atoms with E-state index in [2.05, 4.69) is 15.5 Å². The van der Waals surface area contributed by atoms with E-state index in [0.29, 0.717) is 30.2 Å². The predicted octanol–water partition coefficient (Wildman–Crippen LogP) is 4.09. The topological polar surface area (TPSA) is 82.0 Å². The molecular weight excluding hydrogens is 439 g/mol. The van der Waals surface area contributed by atoms with E-state index >= 15 is 0 Å². The van der Waals surface area contributed by atoms with Crippen molar-refractivity contribution < 1.29 is 32.3 Å². The van der Waals surface area contributed by atoms with Crippen molar-refractivity contribution in [1.29, 1.82) is 0 Å². The smallest absolute Gasteiger partial charge is 0.433 e. The van der Waals surface area contributed by atoms with E-state index in [4.69, 9.17) is 14.3 Å². The average Bonchev–Trinajstić information content (AvgIpc) is 2.82. The maximum atomic E-state index is 12.5. The molecule has 1 atom stereocenters. The molecule has 3 rings (SSSR count). The van der Waals surface area contributed by atoms with Crippen molar-refractivity contribution in [1.82, 2.24) is 10.3 Å². The molecule has 2 aromatic rings. The van der Waals surface area contributed by atoms with Crippen LogP contribution in [0, 0.1) is 5.92 Å². The molecule has 0 spiro atoms. The Balaban J connectivity index is 1.41. The minimum absolute atomic E-state index is 0.0115. The highest BCUT2D eigenvalue weighted by Gasteiger charge is 2.32. The summed E-state index contributed by atoms with van der Waals surface area (Å²) < 4.78 is 48.2. The largest absolute Gasteiger partial charge is 0.501 e. The zero-order valence-electron chi connectivity index (χ0n) is 18.0. The highest BCUT2D eigenvalue weighted by atomic mass is 19.4. The molecule has 10 heteroatoms. The fourth-order valence-electron chi connectivity index (χ4n) is 2.89. The van der Waals surface area contributed by atoms with Gasteiger partial charge in [-0.05, 0) is 55.3 Å². The molecule has 0 radical (unpaired) electrons. The van der Waals surface area contributed by atoms with Gasteiger partial charge in [0, 0.05) is 24.2 Å². The number of amides is 1. The fourth-order valence-corrected chi connectivity index (χ4v) is 2.89. The van der Waals surface area contributed by atoms with Crippen LogP contribution in [-0.2, 0) is 27.2 Å². The molecule has 33 heavy (non-hydrogen) atoms. The first-order valence-corrected chi connectivity index (χ1v) is 10.3. The molecule has 1 unspecified atom stereocenters. The standard InChI is InChI=1S/C23H24F3N3O4/c1-16(29-33-14-18-2-7-21(27-13-18)23(24,25)26)19-3-5-20(6-4-19)32-15-22(30)28-12-17-8-10-31-11-9-17/h2-8,10,13,17H,9,11-12,14-15H2,1H3,(H,28,30). The zero-order chi connectivity index (χ0) is 23.7. The summed E-state index contributed by atoms with van der Waals surface area (Å²) in [6, 6.07) is 9.15. The first kappa shape index (κ1) is 24.1. The van der Waals surface area contributed by atoms with E-state index in [1.54, 1.807) is 37.5 Å². The van der Waals surface area contributed by atoms with Gasteiger partial charge in [-0.1, -0.05) is 11.2 Å². The second-order valence-corrected chi connectivity index (χ2v) is 7.36. The second kappa shape index (κ2) is 11.3. The van der Waals surface area contributed by atoms with E-state index in [1.807, 2.05) is 6.08 Å². The van der Waals surface area contributed by atoms with Gasteiger partial charge in [0.1, 0.15) is 18.1 Å². The molecule has 0 bridgehead atoms. The summed E-state index contributed by atoms with van der Waals surface area (Å²) in [4.78, 5) is 20.5. The highest BCUT2D eigenvalue weighted by molar-refractivity contribution is 5.98. The quantitative estimate of drug-likeness (QED) is 0.448. The van der Waals surface area contributed by atoms with Crippen molar-refractivity contribution in [2.75, 3.05) is 19.8 Å². The summed E-state index contributed by atoms with van der Waals surface area (Å²) in [7, 11) is 0. The monoisotopic (exact) mass is 463 g/mol. The van der Waals surface area contributed by atoms with Crippen LogP contribution >= 0.6 is 0 Å². The van der Waals surface area contributed by atoms with Crippen LogP contribution in [0.4, 0.5) is 13.2 Å². The number of pyridine rings is 1. The average molecular weight is 463 g/mol. The van der Waals surface area contributed by atoms with Crippen LogP contribution in [-0.4, -0.2) is 36.4 Å². The van der Waals surface area contributed by atoms with Crippen LogP contribution in [0.5, 0.6) is 5.75 Å². The van der Waals surface area contributed by atoms with Gasteiger partial charge in [-0.3, -0.25) is 9.78 Å². The zero-order valence-corrected chi connectivity index (χ0v) is 18.0. The van der Waals surface area contributed by atoms with Crippen molar-refractivity contribution in [3.63, 3.8) is 0 Å². The van der Waals surface area contributed by atoms with Gasteiger partial charge < -0.3 is 19.6 Å². The van der Waals surface area contributed by atoms with Crippen molar-refractivity contribution >= 4 is 11.6 Å². The molecule has 0 saturated heterocycles. The Labute approximate surface area is 189 Å². The Morgan fingerprint density at radius 1 is 1.24 bits per heavy atom. The van der Waals surface area contributed by atoms with Crippen LogP contribution in [0.3, 0.4) is 0 Å². The summed E-state index contributed by atoms with van der Waals surface area (Å²) >= 11 is 0. The summed E-state index contributed by atoms with van der Waals surface area (Å²) in [6.07, 6.45) is 1.08. The third-order valence-electron chi connectivity index (χ3n) is 4.80. The Kier molecular flexibility index (Phi) is 8.28. The molecule has 1 aliphatic heterocycles. The molecule has 1 amide bonds. The number of benzene rings is 1. The van der Waals surface area contributed by atoms with Gasteiger partial charge in [-0.25, -0.2) is 0 Å². The molecule has 176 valence electrons. The van der Waals surface area contributed by atoms with Crippen LogP contribution in [0.25, 0.3) is 0 Å². The molecule has 0 aliphatic carbocycles. The van der Waals surface area contributed by atoms with Gasteiger partial charge in [0.15, 0.2) is 6.61 Å². The SMILES string of the molecule is CC(=NOCc1ccc(C(F)(F)F)nc1)c1ccc(OCC(=O)NCC2C=COCC2)cc1. The number of ether oxygens (including phenoxy) is 2. The second-order valence-electron chi connectivity index (χ2n) is 7.36. The highest BCUT2D eigenvalue weighted by Crippen LogP contribution is 2.27. The molecule has 0 fully saturated rings. The molecule has 1 aliphatic rings. The molecule has 1 aromatic heterocycles. The summed E-state index contributed by atoms with van der Waals surface area (Å²) in [5.41, 5.74) is 0.851. The number of aromatic nitrogens is 1. The fraction of sp³-hybridized carbons (Fsp3) is 0.348. The first-order chi connectivity index (χ1) is 15.8. The van der Waals surface area contributed by atoms with Crippen molar-refractivity contribution in [3.05, 3.63) is 71.8 Å². The van der Waals surface area contributed by atoms with E-state index < -0.39 is 11.9 Å². The lowest BCUT2D eigenvalue weighted by Crippen LogP contribution is -2.33. The Morgan fingerprint density at radius 3 is 2.67 bits per heavy atom. The summed E-state index contributed by atoms with van der Waals surface area (Å²) in [5, 5.41) is 6.81. The summed E-state index contributed by atoms with van der Waals surface area (Å²) in [5.74, 6) is 0.592. The number of oxime groups is 1. The van der Waals surface area contributed by atoms with Gasteiger partial charge in [0.05, 0.1) is 18.6 Å². The summed E-state index contributed by atoms with van der Waals surface area (Å²) in [6.45, 7) is 2.82. The number of carbonyl (C=O) groups is 1. The molecule has 1 aromatic carbocycles. The van der Waals surface area contributed by atoms with Gasteiger partial charge in [0.2, 0.25) is 0 Å². The Morgan fingerprint density at radius 2 is 2.03 bits per heavy atom. The molecule has 1 N–H and O–H groups in total. The molecule has 0 saturated carbocycles. The number of halogens is 3. The van der Waals surface area contributed by atoms with Crippen molar-refractivity contribution in [3.8, 4) is 5.75 Å².